The molecule has 0 aliphatic heterocycles. The molecule has 3 rings (SSSR count). The second-order valence-electron chi connectivity index (χ2n) is 7.46. The monoisotopic (exact) mass is 467 g/mol. The van der Waals surface area contributed by atoms with Crippen LogP contribution >= 0.6 is 11.3 Å². The summed E-state index contributed by atoms with van der Waals surface area (Å²) < 4.78 is 11.5. The fraction of sp³-hybridized carbons (Fsp3) is 0.320. The first-order valence-electron chi connectivity index (χ1n) is 11.0. The molecule has 0 spiro atoms. The lowest BCUT2D eigenvalue weighted by atomic mass is 10.1. The van der Waals surface area contributed by atoms with Gasteiger partial charge in [0.25, 0.3) is 5.91 Å². The Bertz CT molecular complexity index is 1080. The van der Waals surface area contributed by atoms with Gasteiger partial charge in [0.05, 0.1) is 18.9 Å². The van der Waals surface area contributed by atoms with Crippen LogP contribution in [-0.4, -0.2) is 30.0 Å². The van der Waals surface area contributed by atoms with Crippen LogP contribution in [0.5, 0.6) is 11.5 Å². The number of aromatic nitrogens is 1. The van der Waals surface area contributed by atoms with E-state index in [-0.39, 0.29) is 11.8 Å². The smallest absolute Gasteiger partial charge is 0.257 e. The van der Waals surface area contributed by atoms with E-state index < -0.39 is 0 Å². The Hall–Kier alpha value is -3.39. The highest BCUT2D eigenvalue weighted by molar-refractivity contribution is 7.14. The minimum atomic E-state index is -0.259. The van der Waals surface area contributed by atoms with E-state index >= 15 is 0 Å². The summed E-state index contributed by atoms with van der Waals surface area (Å²) in [5, 5.41) is 8.05. The maximum atomic E-state index is 12.8. The fourth-order valence-electron chi connectivity index (χ4n) is 2.96. The molecule has 0 unspecified atom stereocenters. The fourth-order valence-corrected chi connectivity index (χ4v) is 3.67. The van der Waals surface area contributed by atoms with Gasteiger partial charge in [-0.2, -0.15) is 0 Å². The number of hydrogen-bond donors (Lipinski definition) is 2. The number of ether oxygens (including phenoxy) is 2. The molecule has 0 saturated carbocycles. The zero-order valence-electron chi connectivity index (χ0n) is 19.1. The van der Waals surface area contributed by atoms with Crippen LogP contribution in [0, 0.1) is 0 Å². The molecule has 0 aliphatic carbocycles. The SMILES string of the molecule is CCCOc1ccc(C(=O)Nc2nc(-c3ccc(CNC(C)=O)cc3)cs2)cc1OCCC. The number of rotatable bonds is 11. The second-order valence-corrected chi connectivity index (χ2v) is 8.32. The summed E-state index contributed by atoms with van der Waals surface area (Å²) in [6.45, 7) is 7.18. The highest BCUT2D eigenvalue weighted by Crippen LogP contribution is 2.30. The van der Waals surface area contributed by atoms with E-state index in [9.17, 15) is 9.59 Å². The summed E-state index contributed by atoms with van der Waals surface area (Å²) in [5.41, 5.74) is 3.19. The van der Waals surface area contributed by atoms with Crippen molar-refractivity contribution >= 4 is 28.3 Å². The van der Waals surface area contributed by atoms with Crippen LogP contribution in [-0.2, 0) is 11.3 Å². The molecule has 33 heavy (non-hydrogen) atoms. The molecule has 3 aromatic rings. The Kier molecular flexibility index (Phi) is 8.83. The van der Waals surface area contributed by atoms with Crippen LogP contribution in [0.15, 0.2) is 47.8 Å². The lowest BCUT2D eigenvalue weighted by Crippen LogP contribution is -2.18. The predicted octanol–water partition coefficient (Wildman–Crippen LogP) is 5.28. The van der Waals surface area contributed by atoms with Gasteiger partial charge in [-0.05, 0) is 36.6 Å². The van der Waals surface area contributed by atoms with E-state index in [4.69, 9.17) is 9.47 Å². The first-order valence-corrected chi connectivity index (χ1v) is 11.9. The number of nitrogens with zero attached hydrogens (tertiary/aromatic N) is 1. The summed E-state index contributed by atoms with van der Waals surface area (Å²) in [4.78, 5) is 28.4. The van der Waals surface area contributed by atoms with Crippen LogP contribution in [0.3, 0.4) is 0 Å². The molecule has 7 nitrogen and oxygen atoms in total. The van der Waals surface area contributed by atoms with Gasteiger partial charge in [-0.1, -0.05) is 38.1 Å². The Morgan fingerprint density at radius 2 is 1.67 bits per heavy atom. The van der Waals surface area contributed by atoms with Crippen molar-refractivity contribution in [2.45, 2.75) is 40.2 Å². The molecular formula is C25H29N3O4S. The molecule has 2 amide bonds. The van der Waals surface area contributed by atoms with Crippen LogP contribution in [0.2, 0.25) is 0 Å². The number of benzene rings is 2. The van der Waals surface area contributed by atoms with Crippen LogP contribution in [0.4, 0.5) is 5.13 Å². The van der Waals surface area contributed by atoms with E-state index in [2.05, 4.69) is 15.6 Å². The number of anilines is 1. The van der Waals surface area contributed by atoms with Crippen molar-refractivity contribution < 1.29 is 19.1 Å². The highest BCUT2D eigenvalue weighted by atomic mass is 32.1. The average molecular weight is 468 g/mol. The molecule has 1 heterocycles. The molecule has 0 saturated heterocycles. The Balaban J connectivity index is 1.68. The number of carbonyl (C=O) groups is 2. The van der Waals surface area contributed by atoms with Crippen molar-refractivity contribution in [1.29, 1.82) is 0 Å². The molecule has 1 aromatic heterocycles. The topological polar surface area (TPSA) is 89.5 Å². The van der Waals surface area contributed by atoms with Gasteiger partial charge in [-0.3, -0.25) is 14.9 Å². The summed E-state index contributed by atoms with van der Waals surface area (Å²) in [5.74, 6) is 0.883. The van der Waals surface area contributed by atoms with E-state index in [0.717, 1.165) is 29.7 Å². The van der Waals surface area contributed by atoms with Crippen molar-refractivity contribution in [2.24, 2.45) is 0 Å². The Morgan fingerprint density at radius 1 is 0.970 bits per heavy atom. The van der Waals surface area contributed by atoms with Crippen molar-refractivity contribution in [1.82, 2.24) is 10.3 Å². The van der Waals surface area contributed by atoms with E-state index in [0.29, 0.717) is 42.0 Å². The average Bonchev–Trinajstić information content (AvgIpc) is 3.29. The minimum absolute atomic E-state index is 0.0638. The van der Waals surface area contributed by atoms with E-state index in [1.54, 1.807) is 18.2 Å². The van der Waals surface area contributed by atoms with E-state index in [1.807, 2.05) is 43.5 Å². The van der Waals surface area contributed by atoms with Gasteiger partial charge in [-0.15, -0.1) is 11.3 Å². The molecule has 0 radical (unpaired) electrons. The molecule has 174 valence electrons. The van der Waals surface area contributed by atoms with Gasteiger partial charge in [0.2, 0.25) is 5.91 Å². The van der Waals surface area contributed by atoms with Crippen molar-refractivity contribution in [3.8, 4) is 22.8 Å². The minimum Gasteiger partial charge on any atom is -0.490 e. The van der Waals surface area contributed by atoms with Crippen LogP contribution in [0.1, 0.15) is 49.5 Å². The first-order chi connectivity index (χ1) is 16.0. The third-order valence-electron chi connectivity index (χ3n) is 4.65. The van der Waals surface area contributed by atoms with Gasteiger partial charge in [0, 0.05) is 30.0 Å². The molecule has 0 atom stereocenters. The molecule has 2 aromatic carbocycles. The van der Waals surface area contributed by atoms with Gasteiger partial charge < -0.3 is 14.8 Å². The van der Waals surface area contributed by atoms with Gasteiger partial charge >= 0.3 is 0 Å². The third kappa shape index (κ3) is 7.05. The quantitative estimate of drug-likeness (QED) is 0.401. The highest BCUT2D eigenvalue weighted by Gasteiger charge is 2.14. The zero-order chi connectivity index (χ0) is 23.6. The zero-order valence-corrected chi connectivity index (χ0v) is 20.0. The summed E-state index contributed by atoms with van der Waals surface area (Å²) in [7, 11) is 0. The molecular weight excluding hydrogens is 438 g/mol. The maximum absolute atomic E-state index is 12.8. The summed E-state index contributed by atoms with van der Waals surface area (Å²) in [6, 6.07) is 13.0. The summed E-state index contributed by atoms with van der Waals surface area (Å²) >= 11 is 1.36. The summed E-state index contributed by atoms with van der Waals surface area (Å²) in [6.07, 6.45) is 1.75. The van der Waals surface area contributed by atoms with Gasteiger partial charge in [-0.25, -0.2) is 4.98 Å². The lowest BCUT2D eigenvalue weighted by molar-refractivity contribution is -0.119. The Morgan fingerprint density at radius 3 is 2.33 bits per heavy atom. The largest absolute Gasteiger partial charge is 0.490 e. The predicted molar refractivity (Wildman–Crippen MR) is 131 cm³/mol. The standard InChI is InChI=1S/C25H29N3O4S/c1-4-12-31-22-11-10-20(14-23(22)32-13-5-2)24(30)28-25-27-21(16-33-25)19-8-6-18(7-9-19)15-26-17(3)29/h6-11,14,16H,4-5,12-13,15H2,1-3H3,(H,26,29)(H,27,28,30). The number of carbonyl (C=O) groups excluding carboxylic acids is 2. The van der Waals surface area contributed by atoms with Crippen LogP contribution < -0.4 is 20.1 Å². The molecule has 2 N–H and O–H groups in total. The third-order valence-corrected chi connectivity index (χ3v) is 5.40. The molecule has 0 fully saturated rings. The Labute approximate surface area is 198 Å². The maximum Gasteiger partial charge on any atom is 0.257 e. The van der Waals surface area contributed by atoms with Crippen molar-refractivity contribution in [2.75, 3.05) is 18.5 Å². The van der Waals surface area contributed by atoms with Gasteiger partial charge in [0.1, 0.15) is 0 Å². The van der Waals surface area contributed by atoms with Crippen molar-refractivity contribution in [3.63, 3.8) is 0 Å². The van der Waals surface area contributed by atoms with Crippen LogP contribution in [0.25, 0.3) is 11.3 Å². The number of nitrogens with one attached hydrogen (secondary N) is 2. The second kappa shape index (κ2) is 12.0. The number of amides is 2. The number of hydrogen-bond acceptors (Lipinski definition) is 6. The molecule has 0 aliphatic rings. The van der Waals surface area contributed by atoms with Crippen molar-refractivity contribution in [3.05, 3.63) is 59.0 Å². The molecule has 0 bridgehead atoms. The number of thiazole rings is 1. The van der Waals surface area contributed by atoms with Gasteiger partial charge in [0.15, 0.2) is 16.6 Å². The first kappa shape index (κ1) is 24.3. The lowest BCUT2D eigenvalue weighted by Gasteiger charge is -2.13. The normalized spacial score (nSPS) is 10.5. The molecule has 8 heteroatoms. The van der Waals surface area contributed by atoms with E-state index in [1.165, 1.54) is 18.3 Å².